The number of benzene rings is 1. The lowest BCUT2D eigenvalue weighted by molar-refractivity contribution is 0.687. The number of halogens is 1. The quantitative estimate of drug-likeness (QED) is 0.608. The van der Waals surface area contributed by atoms with Gasteiger partial charge in [-0.25, -0.2) is 9.97 Å². The van der Waals surface area contributed by atoms with E-state index in [1.807, 2.05) is 0 Å². The maximum Gasteiger partial charge on any atom is 0.225 e. The normalized spacial score (nSPS) is 11.3. The molecule has 1 N–H and O–H groups in total. The summed E-state index contributed by atoms with van der Waals surface area (Å²) >= 11 is 7.68. The van der Waals surface area contributed by atoms with E-state index in [1.54, 1.807) is 11.3 Å². The number of hydrogen-bond acceptors (Lipinski definition) is 4. The zero-order valence-corrected chi connectivity index (χ0v) is 15.1. The average molecular weight is 346 g/mol. The summed E-state index contributed by atoms with van der Waals surface area (Å²) in [7, 11) is 0. The van der Waals surface area contributed by atoms with Crippen molar-refractivity contribution in [1.29, 1.82) is 0 Å². The highest BCUT2D eigenvalue weighted by Crippen LogP contribution is 2.37. The second-order valence-corrected chi connectivity index (χ2v) is 7.19. The van der Waals surface area contributed by atoms with Crippen LogP contribution in [0.5, 0.6) is 0 Å². The van der Waals surface area contributed by atoms with E-state index in [0.29, 0.717) is 11.2 Å². The molecule has 3 aromatic rings. The van der Waals surface area contributed by atoms with E-state index in [0.717, 1.165) is 34.6 Å². The number of aromatic nitrogens is 2. The Morgan fingerprint density at radius 1 is 1.17 bits per heavy atom. The van der Waals surface area contributed by atoms with Gasteiger partial charge in [0.1, 0.15) is 10.6 Å². The summed E-state index contributed by atoms with van der Waals surface area (Å²) in [5.41, 5.74) is 3.69. The lowest BCUT2D eigenvalue weighted by atomic mass is 10.0. The fourth-order valence-electron chi connectivity index (χ4n) is 2.48. The van der Waals surface area contributed by atoms with Crippen molar-refractivity contribution < 1.29 is 0 Å². The first-order chi connectivity index (χ1) is 11.1. The number of anilines is 1. The molecule has 1 aromatic carbocycles. The Balaban J connectivity index is 2.09. The van der Waals surface area contributed by atoms with Gasteiger partial charge in [0.2, 0.25) is 5.28 Å². The molecular weight excluding hydrogens is 326 g/mol. The van der Waals surface area contributed by atoms with Crippen molar-refractivity contribution in [2.45, 2.75) is 27.2 Å². The molecule has 0 bridgehead atoms. The van der Waals surface area contributed by atoms with Crippen molar-refractivity contribution in [2.75, 3.05) is 11.9 Å². The van der Waals surface area contributed by atoms with Crippen LogP contribution in [0.1, 0.15) is 26.3 Å². The summed E-state index contributed by atoms with van der Waals surface area (Å²) in [5, 5.41) is 6.90. The fourth-order valence-corrected chi connectivity index (χ4v) is 3.64. The fraction of sp³-hybridized carbons (Fsp3) is 0.333. The number of aryl methyl sites for hydroxylation is 1. The molecule has 0 atom stereocenters. The first-order valence-corrected chi connectivity index (χ1v) is 9.12. The van der Waals surface area contributed by atoms with E-state index in [1.165, 1.54) is 11.1 Å². The molecule has 0 saturated carbocycles. The van der Waals surface area contributed by atoms with Crippen molar-refractivity contribution in [3.63, 3.8) is 0 Å². The van der Waals surface area contributed by atoms with Gasteiger partial charge in [0.25, 0.3) is 0 Å². The molecule has 3 nitrogen and oxygen atoms in total. The molecule has 0 fully saturated rings. The van der Waals surface area contributed by atoms with Gasteiger partial charge in [0, 0.05) is 17.5 Å². The Morgan fingerprint density at radius 3 is 2.57 bits per heavy atom. The van der Waals surface area contributed by atoms with Crippen molar-refractivity contribution in [2.24, 2.45) is 5.92 Å². The van der Waals surface area contributed by atoms with Crippen molar-refractivity contribution in [3.8, 4) is 11.1 Å². The number of rotatable bonds is 5. The first-order valence-electron chi connectivity index (χ1n) is 7.86. The average Bonchev–Trinajstić information content (AvgIpc) is 2.96. The summed E-state index contributed by atoms with van der Waals surface area (Å²) in [6.45, 7) is 7.36. The van der Waals surface area contributed by atoms with E-state index >= 15 is 0 Å². The smallest absolute Gasteiger partial charge is 0.225 e. The van der Waals surface area contributed by atoms with Gasteiger partial charge in [-0.05, 0) is 35.1 Å². The van der Waals surface area contributed by atoms with Crippen LogP contribution in [-0.2, 0) is 6.42 Å². The zero-order chi connectivity index (χ0) is 16.4. The predicted octanol–water partition coefficient (Wildman–Crippen LogP) is 5.64. The Morgan fingerprint density at radius 2 is 1.91 bits per heavy atom. The Labute approximate surface area is 145 Å². The van der Waals surface area contributed by atoms with Crippen LogP contribution in [0, 0.1) is 5.92 Å². The van der Waals surface area contributed by atoms with E-state index in [4.69, 9.17) is 11.6 Å². The van der Waals surface area contributed by atoms with Crippen LogP contribution < -0.4 is 5.32 Å². The molecule has 0 saturated heterocycles. The first kappa shape index (κ1) is 16.2. The van der Waals surface area contributed by atoms with Crippen molar-refractivity contribution in [3.05, 3.63) is 40.5 Å². The third kappa shape index (κ3) is 3.48. The molecule has 2 heterocycles. The van der Waals surface area contributed by atoms with Crippen LogP contribution in [0.3, 0.4) is 0 Å². The Hall–Kier alpha value is -1.65. The summed E-state index contributed by atoms with van der Waals surface area (Å²) < 4.78 is 0. The maximum absolute atomic E-state index is 6.08. The molecule has 0 spiro atoms. The van der Waals surface area contributed by atoms with Crippen LogP contribution in [-0.4, -0.2) is 16.5 Å². The molecule has 0 aliphatic heterocycles. The predicted molar refractivity (Wildman–Crippen MR) is 101 cm³/mol. The third-order valence-corrected chi connectivity index (χ3v) is 4.80. The van der Waals surface area contributed by atoms with Crippen LogP contribution >= 0.6 is 22.9 Å². The molecule has 0 aliphatic rings. The second-order valence-electron chi connectivity index (χ2n) is 6.00. The van der Waals surface area contributed by atoms with E-state index in [-0.39, 0.29) is 0 Å². The Bertz CT molecular complexity index is 809. The molecule has 0 amide bonds. The summed E-state index contributed by atoms with van der Waals surface area (Å²) in [4.78, 5) is 9.71. The van der Waals surface area contributed by atoms with Gasteiger partial charge in [0.05, 0.1) is 5.39 Å². The largest absolute Gasteiger partial charge is 0.369 e. The number of nitrogens with one attached hydrogen (secondary N) is 1. The number of nitrogens with zero attached hydrogens (tertiary/aromatic N) is 2. The van der Waals surface area contributed by atoms with Gasteiger partial charge in [-0.3, -0.25) is 0 Å². The molecule has 2 aromatic heterocycles. The van der Waals surface area contributed by atoms with Crippen LogP contribution in [0.25, 0.3) is 21.3 Å². The van der Waals surface area contributed by atoms with E-state index in [9.17, 15) is 0 Å². The minimum Gasteiger partial charge on any atom is -0.369 e. The summed E-state index contributed by atoms with van der Waals surface area (Å²) in [6.07, 6.45) is 1.05. The molecule has 0 unspecified atom stereocenters. The molecule has 0 aliphatic carbocycles. The van der Waals surface area contributed by atoms with Crippen LogP contribution in [0.2, 0.25) is 5.28 Å². The molecule has 5 heteroatoms. The third-order valence-electron chi connectivity index (χ3n) is 3.76. The Kier molecular flexibility index (Phi) is 4.83. The number of fused-ring (bicyclic) bond motifs is 1. The van der Waals surface area contributed by atoms with Gasteiger partial charge in [-0.15, -0.1) is 11.3 Å². The molecular formula is C18H20ClN3S. The van der Waals surface area contributed by atoms with Gasteiger partial charge >= 0.3 is 0 Å². The van der Waals surface area contributed by atoms with Gasteiger partial charge < -0.3 is 5.32 Å². The van der Waals surface area contributed by atoms with E-state index in [2.05, 4.69) is 65.7 Å². The molecule has 3 rings (SSSR count). The highest BCUT2D eigenvalue weighted by molar-refractivity contribution is 7.17. The van der Waals surface area contributed by atoms with Crippen LogP contribution in [0.15, 0.2) is 29.6 Å². The topological polar surface area (TPSA) is 37.8 Å². The van der Waals surface area contributed by atoms with Crippen LogP contribution in [0.4, 0.5) is 5.82 Å². The van der Waals surface area contributed by atoms with Gasteiger partial charge in [0.15, 0.2) is 0 Å². The lowest BCUT2D eigenvalue weighted by Gasteiger charge is -2.11. The maximum atomic E-state index is 6.08. The highest BCUT2D eigenvalue weighted by Gasteiger charge is 2.15. The zero-order valence-electron chi connectivity index (χ0n) is 13.6. The minimum absolute atomic E-state index is 0.290. The second kappa shape index (κ2) is 6.85. The standard InChI is InChI=1S/C18H20ClN3S/c1-4-12-5-7-13(8-6-12)14-10-23-17-15(14)16(20-9-11(2)3)21-18(19)22-17/h5-8,10-11H,4,9H2,1-3H3,(H,20,21,22). The lowest BCUT2D eigenvalue weighted by Crippen LogP contribution is -2.09. The summed E-state index contributed by atoms with van der Waals surface area (Å²) in [6, 6.07) is 8.69. The minimum atomic E-state index is 0.290. The monoisotopic (exact) mass is 345 g/mol. The number of hydrogen-bond donors (Lipinski definition) is 1. The van der Waals surface area contributed by atoms with Crippen molar-refractivity contribution in [1.82, 2.24) is 9.97 Å². The molecule has 0 radical (unpaired) electrons. The van der Waals surface area contributed by atoms with Gasteiger partial charge in [-0.1, -0.05) is 45.0 Å². The van der Waals surface area contributed by atoms with Gasteiger partial charge in [-0.2, -0.15) is 0 Å². The number of thiophene rings is 1. The summed E-state index contributed by atoms with van der Waals surface area (Å²) in [5.74, 6) is 1.36. The SMILES string of the molecule is CCc1ccc(-c2csc3nc(Cl)nc(NCC(C)C)c23)cc1. The highest BCUT2D eigenvalue weighted by atomic mass is 35.5. The van der Waals surface area contributed by atoms with E-state index < -0.39 is 0 Å². The molecule has 23 heavy (non-hydrogen) atoms. The molecule has 120 valence electrons. The van der Waals surface area contributed by atoms with Crippen molar-refractivity contribution >= 4 is 39.0 Å².